The van der Waals surface area contributed by atoms with Crippen molar-refractivity contribution in [1.29, 1.82) is 0 Å². The van der Waals surface area contributed by atoms with Gasteiger partial charge in [0.1, 0.15) is 17.2 Å². The molecule has 0 aliphatic rings. The predicted molar refractivity (Wildman–Crippen MR) is 97.5 cm³/mol. The third kappa shape index (κ3) is 3.11. The van der Waals surface area contributed by atoms with Crippen LogP contribution in [0.4, 0.5) is 5.13 Å². The first-order valence-electron chi connectivity index (χ1n) is 7.08. The van der Waals surface area contributed by atoms with E-state index in [9.17, 15) is 5.11 Å². The van der Waals surface area contributed by atoms with Gasteiger partial charge >= 0.3 is 0 Å². The van der Waals surface area contributed by atoms with Crippen LogP contribution in [-0.4, -0.2) is 28.2 Å². The topological polar surface area (TPSA) is 67.3 Å². The second kappa shape index (κ2) is 6.33. The second-order valence-corrected chi connectivity index (χ2v) is 6.99. The molecule has 7 heteroatoms. The number of aromatic hydroxyl groups is 1. The first kappa shape index (κ1) is 16.0. The molecule has 5 nitrogen and oxygen atoms in total. The fraction of sp³-hybridized carbons (Fsp3) is 0.250. The summed E-state index contributed by atoms with van der Waals surface area (Å²) >= 11 is 5.01. The van der Waals surface area contributed by atoms with Crippen LogP contribution in [-0.2, 0) is 0 Å². The van der Waals surface area contributed by atoms with Crippen molar-refractivity contribution in [2.75, 3.05) is 12.4 Å². The van der Waals surface area contributed by atoms with Crippen molar-refractivity contribution < 1.29 is 9.84 Å². The smallest absolute Gasteiger partial charge is 0.183 e. The standard InChI is InChI=1S/C16H16BrN3O2S/c1-8(2)18-16-20-11(7-23-16)10-6-12(21)9-4-5-13(22-3)14(17)15(9)19-10/h4-8H,1-3H3,(H,18,20)(H,19,21). The number of thiazole rings is 1. The summed E-state index contributed by atoms with van der Waals surface area (Å²) in [6.45, 7) is 4.12. The summed E-state index contributed by atoms with van der Waals surface area (Å²) in [5, 5.41) is 17.0. The number of nitrogens with zero attached hydrogens (tertiary/aromatic N) is 2. The van der Waals surface area contributed by atoms with Gasteiger partial charge in [-0.2, -0.15) is 0 Å². The molecule has 2 heterocycles. The number of rotatable bonds is 4. The van der Waals surface area contributed by atoms with Crippen LogP contribution in [0.2, 0.25) is 0 Å². The third-order valence-corrected chi connectivity index (χ3v) is 4.80. The molecule has 0 aliphatic carbocycles. The Morgan fingerprint density at radius 1 is 1.26 bits per heavy atom. The quantitative estimate of drug-likeness (QED) is 0.674. The zero-order valence-corrected chi connectivity index (χ0v) is 15.3. The molecular weight excluding hydrogens is 378 g/mol. The zero-order valence-electron chi connectivity index (χ0n) is 12.9. The molecule has 0 aliphatic heterocycles. The summed E-state index contributed by atoms with van der Waals surface area (Å²) in [6, 6.07) is 5.53. The maximum atomic E-state index is 10.3. The van der Waals surface area contributed by atoms with Crippen molar-refractivity contribution in [2.45, 2.75) is 19.9 Å². The highest BCUT2D eigenvalue weighted by Crippen LogP contribution is 2.38. The van der Waals surface area contributed by atoms with Crippen molar-refractivity contribution in [1.82, 2.24) is 9.97 Å². The molecule has 0 radical (unpaired) electrons. The number of nitrogens with one attached hydrogen (secondary N) is 1. The van der Waals surface area contributed by atoms with Crippen LogP contribution in [0.15, 0.2) is 28.1 Å². The number of pyridine rings is 1. The maximum Gasteiger partial charge on any atom is 0.183 e. The monoisotopic (exact) mass is 393 g/mol. The first-order valence-corrected chi connectivity index (χ1v) is 8.75. The number of fused-ring (bicyclic) bond motifs is 1. The summed E-state index contributed by atoms with van der Waals surface area (Å²) in [5.74, 6) is 0.835. The van der Waals surface area contributed by atoms with Gasteiger partial charge in [0.05, 0.1) is 22.8 Å². The molecule has 0 unspecified atom stereocenters. The fourth-order valence-electron chi connectivity index (χ4n) is 2.22. The van der Waals surface area contributed by atoms with Gasteiger partial charge in [-0.3, -0.25) is 0 Å². The van der Waals surface area contributed by atoms with Crippen molar-refractivity contribution in [3.63, 3.8) is 0 Å². The summed E-state index contributed by atoms with van der Waals surface area (Å²) in [4.78, 5) is 9.16. The van der Waals surface area contributed by atoms with Crippen LogP contribution in [0.1, 0.15) is 13.8 Å². The number of benzene rings is 1. The molecule has 0 saturated carbocycles. The summed E-state index contributed by atoms with van der Waals surface area (Å²) in [6.07, 6.45) is 0. The number of ether oxygens (including phenoxy) is 1. The van der Waals surface area contributed by atoms with Crippen molar-refractivity contribution in [3.8, 4) is 22.9 Å². The van der Waals surface area contributed by atoms with E-state index in [4.69, 9.17) is 4.74 Å². The molecule has 120 valence electrons. The Balaban J connectivity index is 2.11. The first-order chi connectivity index (χ1) is 11.0. The summed E-state index contributed by atoms with van der Waals surface area (Å²) < 4.78 is 6.01. The van der Waals surface area contributed by atoms with Crippen molar-refractivity contribution in [3.05, 3.63) is 28.1 Å². The number of hydrogen-bond donors (Lipinski definition) is 2. The van der Waals surface area contributed by atoms with Crippen molar-refractivity contribution >= 4 is 43.3 Å². The molecule has 2 N–H and O–H groups in total. The van der Waals surface area contributed by atoms with E-state index in [1.807, 2.05) is 5.38 Å². The van der Waals surface area contributed by atoms with Gasteiger partial charge in [-0.1, -0.05) is 0 Å². The van der Waals surface area contributed by atoms with E-state index in [-0.39, 0.29) is 5.75 Å². The molecule has 0 atom stereocenters. The molecular formula is C16H16BrN3O2S. The van der Waals surface area contributed by atoms with E-state index in [1.54, 1.807) is 25.3 Å². The van der Waals surface area contributed by atoms with Crippen LogP contribution in [0.5, 0.6) is 11.5 Å². The molecule has 3 aromatic rings. The highest BCUT2D eigenvalue weighted by Gasteiger charge is 2.14. The van der Waals surface area contributed by atoms with Gasteiger partial charge in [-0.25, -0.2) is 9.97 Å². The number of hydrogen-bond acceptors (Lipinski definition) is 6. The Bertz CT molecular complexity index is 864. The average molecular weight is 394 g/mol. The van der Waals surface area contributed by atoms with E-state index in [2.05, 4.69) is 45.1 Å². The van der Waals surface area contributed by atoms with Crippen LogP contribution >= 0.6 is 27.3 Å². The molecule has 2 aromatic heterocycles. The Labute approximate surface area is 146 Å². The van der Waals surface area contributed by atoms with Crippen LogP contribution in [0.25, 0.3) is 22.3 Å². The maximum absolute atomic E-state index is 10.3. The summed E-state index contributed by atoms with van der Waals surface area (Å²) in [7, 11) is 1.60. The molecule has 0 fully saturated rings. The lowest BCUT2D eigenvalue weighted by Crippen LogP contribution is -2.09. The largest absolute Gasteiger partial charge is 0.507 e. The minimum Gasteiger partial charge on any atom is -0.507 e. The van der Waals surface area contributed by atoms with E-state index in [1.165, 1.54) is 11.3 Å². The Morgan fingerprint density at radius 3 is 2.74 bits per heavy atom. The number of methoxy groups -OCH3 is 1. The van der Waals surface area contributed by atoms with Crippen molar-refractivity contribution in [2.24, 2.45) is 0 Å². The van der Waals surface area contributed by atoms with E-state index in [0.29, 0.717) is 32.9 Å². The van der Waals surface area contributed by atoms with Crippen LogP contribution in [0, 0.1) is 0 Å². The van der Waals surface area contributed by atoms with Crippen LogP contribution in [0.3, 0.4) is 0 Å². The zero-order chi connectivity index (χ0) is 16.6. The Morgan fingerprint density at radius 2 is 2.04 bits per heavy atom. The summed E-state index contributed by atoms with van der Waals surface area (Å²) in [5.41, 5.74) is 1.99. The number of halogens is 1. The van der Waals surface area contributed by atoms with Gasteiger partial charge in [0.25, 0.3) is 0 Å². The number of anilines is 1. The van der Waals surface area contributed by atoms with Gasteiger partial charge < -0.3 is 15.2 Å². The molecule has 0 amide bonds. The van der Waals surface area contributed by atoms with E-state index in [0.717, 1.165) is 10.8 Å². The minimum absolute atomic E-state index is 0.166. The van der Waals surface area contributed by atoms with Crippen LogP contribution < -0.4 is 10.1 Å². The average Bonchev–Trinajstić information content (AvgIpc) is 2.96. The molecule has 0 bridgehead atoms. The fourth-order valence-corrected chi connectivity index (χ4v) is 3.66. The van der Waals surface area contributed by atoms with Gasteiger partial charge in [0, 0.05) is 22.9 Å². The molecule has 0 saturated heterocycles. The number of aromatic nitrogens is 2. The third-order valence-electron chi connectivity index (χ3n) is 3.26. The predicted octanol–water partition coefficient (Wildman–Crippen LogP) is 4.66. The highest BCUT2D eigenvalue weighted by atomic mass is 79.9. The highest BCUT2D eigenvalue weighted by molar-refractivity contribution is 9.10. The molecule has 0 spiro atoms. The SMILES string of the molecule is COc1ccc2c(O)cc(-c3csc(NC(C)C)n3)nc2c1Br. The minimum atomic E-state index is 0.166. The molecule has 23 heavy (non-hydrogen) atoms. The molecule has 3 rings (SSSR count). The van der Waals surface area contributed by atoms with Gasteiger partial charge in [0.15, 0.2) is 5.13 Å². The lowest BCUT2D eigenvalue weighted by molar-refractivity contribution is 0.412. The lowest BCUT2D eigenvalue weighted by atomic mass is 10.1. The van der Waals surface area contributed by atoms with Gasteiger partial charge in [-0.05, 0) is 41.9 Å². The van der Waals surface area contributed by atoms with E-state index >= 15 is 0 Å². The molecule has 1 aromatic carbocycles. The van der Waals surface area contributed by atoms with Gasteiger partial charge in [-0.15, -0.1) is 11.3 Å². The normalized spacial score (nSPS) is 11.2. The van der Waals surface area contributed by atoms with Gasteiger partial charge in [0.2, 0.25) is 0 Å². The van der Waals surface area contributed by atoms with E-state index < -0.39 is 0 Å². The Hall–Kier alpha value is -1.86. The lowest BCUT2D eigenvalue weighted by Gasteiger charge is -2.09. The second-order valence-electron chi connectivity index (χ2n) is 5.34. The Kier molecular flexibility index (Phi) is 4.41.